The Labute approximate surface area is 189 Å². The molecule has 0 saturated carbocycles. The Kier molecular flexibility index (Phi) is 7.31. The largest absolute Gasteiger partial charge is 0.458 e. The molecule has 1 N–H and O–H groups in total. The Morgan fingerprint density at radius 2 is 1.38 bits per heavy atom. The van der Waals surface area contributed by atoms with Crippen molar-refractivity contribution in [2.75, 3.05) is 13.1 Å². The van der Waals surface area contributed by atoms with Gasteiger partial charge in [-0.1, -0.05) is 0 Å². The number of esters is 1. The van der Waals surface area contributed by atoms with E-state index in [4.69, 9.17) is 9.47 Å². The molecule has 0 aromatic carbocycles. The monoisotopic (exact) mass is 452 g/mol. The second kappa shape index (κ2) is 9.11. The molecule has 2 rings (SSSR count). The van der Waals surface area contributed by atoms with Crippen LogP contribution in [0.5, 0.6) is 0 Å². The number of rotatable bonds is 10. The lowest BCUT2D eigenvalue weighted by Crippen LogP contribution is -2.53. The summed E-state index contributed by atoms with van der Waals surface area (Å²) in [5.74, 6) is -0.820. The van der Waals surface area contributed by atoms with E-state index in [9.17, 15) is 14.4 Å². The molecule has 0 radical (unpaired) electrons. The third-order valence-electron chi connectivity index (χ3n) is 4.69. The maximum absolute atomic E-state index is 13.0. The van der Waals surface area contributed by atoms with E-state index >= 15 is 0 Å². The Morgan fingerprint density at radius 3 is 1.84 bits per heavy atom. The number of ether oxygens (including phenoxy) is 2. The number of carbonyl (C=O) groups is 3. The molecule has 2 heterocycles. The molecule has 0 saturated heterocycles. The smallest absolute Gasteiger partial charge is 0.408 e. The molecule has 180 valence electrons. The van der Waals surface area contributed by atoms with E-state index in [0.717, 1.165) is 0 Å². The third-order valence-corrected chi connectivity index (χ3v) is 4.69. The molecule has 1 atom stereocenters. The highest BCUT2D eigenvalue weighted by molar-refractivity contribution is 5.83. The van der Waals surface area contributed by atoms with Crippen molar-refractivity contribution in [3.63, 3.8) is 0 Å². The van der Waals surface area contributed by atoms with Crippen LogP contribution in [0.15, 0.2) is 20.5 Å². The molecule has 0 fully saturated rings. The lowest BCUT2D eigenvalue weighted by atomic mass is 10.1. The molecule has 11 nitrogen and oxygen atoms in total. The van der Waals surface area contributed by atoms with Gasteiger partial charge < -0.3 is 19.7 Å². The number of carbonyl (C=O) groups excluding carboxylic acids is 3. The zero-order valence-electron chi connectivity index (χ0n) is 20.4. The van der Waals surface area contributed by atoms with Gasteiger partial charge in [-0.15, -0.1) is 0 Å². The Morgan fingerprint density at radius 1 is 0.875 bits per heavy atom. The fourth-order valence-corrected chi connectivity index (χ4v) is 2.76. The maximum Gasteiger partial charge on any atom is 0.408 e. The molecule has 0 bridgehead atoms. The van der Waals surface area contributed by atoms with E-state index in [1.54, 1.807) is 41.5 Å². The topological polar surface area (TPSA) is 134 Å². The van der Waals surface area contributed by atoms with Crippen molar-refractivity contribution < 1.29 is 23.9 Å². The minimum atomic E-state index is -1.10. The fraction of sp³-hybridized carbons (Fsp3) is 0.857. The van der Waals surface area contributed by atoms with Crippen molar-refractivity contribution in [2.24, 2.45) is 20.5 Å². The van der Waals surface area contributed by atoms with Crippen molar-refractivity contribution in [3.8, 4) is 0 Å². The molecule has 0 spiro atoms. The van der Waals surface area contributed by atoms with Crippen molar-refractivity contribution in [3.05, 3.63) is 0 Å². The minimum Gasteiger partial charge on any atom is -0.458 e. The highest BCUT2D eigenvalue weighted by Gasteiger charge is 2.38. The number of alkyl carbamates (subject to hydrolysis) is 1. The maximum atomic E-state index is 13.0. The van der Waals surface area contributed by atoms with E-state index in [1.165, 1.54) is 4.90 Å². The molecule has 32 heavy (non-hydrogen) atoms. The molecule has 2 aliphatic heterocycles. The first-order valence-corrected chi connectivity index (χ1v) is 10.9. The van der Waals surface area contributed by atoms with Crippen LogP contribution >= 0.6 is 0 Å². The van der Waals surface area contributed by atoms with E-state index in [2.05, 4.69) is 25.8 Å². The predicted octanol–water partition coefficient (Wildman–Crippen LogP) is 3.58. The standard InChI is InChI=1S/C21H36N6O5/c1-18(2,3)31-16(29)14(22-17(30)32-19(4,5)6)13-27(12-11-21(8)25-26-21)15(28)9-10-20(7)23-24-20/h14H,9-13H2,1-8H3,(H,22,30)/t14-/m0/s1. The first-order chi connectivity index (χ1) is 14.5. The molecular formula is C21H36N6O5. The molecule has 2 aliphatic rings. The SMILES string of the molecule is CC1(CCC(=O)N(CCC2(C)N=N2)C[C@H](NC(=O)OC(C)(C)C)C(=O)OC(C)(C)C)N=N1. The summed E-state index contributed by atoms with van der Waals surface area (Å²) in [6.45, 7) is 14.4. The van der Waals surface area contributed by atoms with Gasteiger partial charge in [-0.3, -0.25) is 4.79 Å². The van der Waals surface area contributed by atoms with Gasteiger partial charge >= 0.3 is 12.1 Å². The molecule has 11 heteroatoms. The van der Waals surface area contributed by atoms with E-state index < -0.39 is 40.6 Å². The van der Waals surface area contributed by atoms with Gasteiger partial charge in [-0.25, -0.2) is 9.59 Å². The normalized spacial score (nSPS) is 18.5. The van der Waals surface area contributed by atoms with Gasteiger partial charge in [0.25, 0.3) is 0 Å². The summed E-state index contributed by atoms with van der Waals surface area (Å²) in [6.07, 6.45) is 0.438. The molecular weight excluding hydrogens is 416 g/mol. The summed E-state index contributed by atoms with van der Waals surface area (Å²) >= 11 is 0. The highest BCUT2D eigenvalue weighted by Crippen LogP contribution is 2.33. The highest BCUT2D eigenvalue weighted by atomic mass is 16.6. The third kappa shape index (κ3) is 9.27. The van der Waals surface area contributed by atoms with Gasteiger partial charge in [0.1, 0.15) is 17.2 Å². The van der Waals surface area contributed by atoms with Crippen molar-refractivity contribution in [1.82, 2.24) is 10.2 Å². The fourth-order valence-electron chi connectivity index (χ4n) is 2.76. The predicted molar refractivity (Wildman–Crippen MR) is 116 cm³/mol. The Bertz CT molecular complexity index is 783. The first-order valence-electron chi connectivity index (χ1n) is 10.9. The lowest BCUT2D eigenvalue weighted by Gasteiger charge is -2.30. The second-order valence-electron chi connectivity index (χ2n) is 10.7. The molecule has 0 aromatic rings. The van der Waals surface area contributed by atoms with Crippen LogP contribution < -0.4 is 5.32 Å². The summed E-state index contributed by atoms with van der Waals surface area (Å²) in [7, 11) is 0. The number of nitrogens with one attached hydrogen (secondary N) is 1. The molecule has 2 amide bonds. The summed E-state index contributed by atoms with van der Waals surface area (Å²) in [5, 5.41) is 18.4. The lowest BCUT2D eigenvalue weighted by molar-refractivity contribution is -0.158. The van der Waals surface area contributed by atoms with Crippen LogP contribution in [0.4, 0.5) is 4.79 Å². The van der Waals surface area contributed by atoms with Crippen LogP contribution in [-0.4, -0.2) is 64.5 Å². The van der Waals surface area contributed by atoms with Crippen LogP contribution in [0, 0.1) is 0 Å². The van der Waals surface area contributed by atoms with Crippen molar-refractivity contribution >= 4 is 18.0 Å². The van der Waals surface area contributed by atoms with Crippen LogP contribution in [0.25, 0.3) is 0 Å². The Balaban J connectivity index is 2.11. The van der Waals surface area contributed by atoms with Gasteiger partial charge in [0.05, 0.1) is 6.54 Å². The van der Waals surface area contributed by atoms with Crippen LogP contribution in [0.2, 0.25) is 0 Å². The molecule has 0 unspecified atom stereocenters. The van der Waals surface area contributed by atoms with Gasteiger partial charge in [-0.2, -0.15) is 20.5 Å². The van der Waals surface area contributed by atoms with Crippen molar-refractivity contribution in [2.45, 2.75) is 103 Å². The summed E-state index contributed by atoms with van der Waals surface area (Å²) in [5.41, 5.74) is -2.52. The summed E-state index contributed by atoms with van der Waals surface area (Å²) < 4.78 is 10.8. The van der Waals surface area contributed by atoms with Gasteiger partial charge in [0.2, 0.25) is 5.91 Å². The van der Waals surface area contributed by atoms with Gasteiger partial charge in [0, 0.05) is 25.8 Å². The minimum absolute atomic E-state index is 0.0614. The first kappa shape index (κ1) is 25.7. The number of hydrogen-bond donors (Lipinski definition) is 1. The summed E-state index contributed by atoms with van der Waals surface area (Å²) in [4.78, 5) is 39.8. The summed E-state index contributed by atoms with van der Waals surface area (Å²) in [6, 6.07) is -1.10. The van der Waals surface area contributed by atoms with Crippen molar-refractivity contribution in [1.29, 1.82) is 0 Å². The van der Waals surface area contributed by atoms with E-state index in [1.807, 2.05) is 13.8 Å². The van der Waals surface area contributed by atoms with Gasteiger partial charge in [-0.05, 0) is 55.4 Å². The van der Waals surface area contributed by atoms with E-state index in [0.29, 0.717) is 19.4 Å². The average molecular weight is 453 g/mol. The number of nitrogens with zero attached hydrogens (tertiary/aromatic N) is 5. The average Bonchev–Trinajstić information content (AvgIpc) is 3.52. The number of amides is 2. The molecule has 0 aromatic heterocycles. The van der Waals surface area contributed by atoms with Crippen LogP contribution in [-0.2, 0) is 19.1 Å². The van der Waals surface area contributed by atoms with E-state index in [-0.39, 0.29) is 18.9 Å². The molecule has 0 aliphatic carbocycles. The zero-order chi connectivity index (χ0) is 24.4. The Hall–Kier alpha value is -2.59. The second-order valence-corrected chi connectivity index (χ2v) is 10.7. The van der Waals surface area contributed by atoms with Crippen LogP contribution in [0.3, 0.4) is 0 Å². The quantitative estimate of drug-likeness (QED) is 0.506. The van der Waals surface area contributed by atoms with Crippen LogP contribution in [0.1, 0.15) is 74.7 Å². The van der Waals surface area contributed by atoms with Gasteiger partial charge in [0.15, 0.2) is 11.3 Å². The zero-order valence-corrected chi connectivity index (χ0v) is 20.4. The number of hydrogen-bond acceptors (Lipinski definition) is 9.